The molecule has 1 heterocycles. The van der Waals surface area contributed by atoms with Crippen LogP contribution < -0.4 is 22.1 Å². The van der Waals surface area contributed by atoms with Crippen LogP contribution in [0.4, 0.5) is 0 Å². The summed E-state index contributed by atoms with van der Waals surface area (Å²) in [7, 11) is 0. The number of rotatable bonds is 8. The van der Waals surface area contributed by atoms with E-state index in [0.29, 0.717) is 11.1 Å². The molecule has 9 N–H and O–H groups in total. The number of benzene rings is 1. The van der Waals surface area contributed by atoms with Gasteiger partial charge in [-0.05, 0) is 23.8 Å². The lowest BCUT2D eigenvalue weighted by atomic mass is 9.92. The molecule has 0 aromatic heterocycles. The topological polar surface area (TPSA) is 216 Å². The summed E-state index contributed by atoms with van der Waals surface area (Å²) in [5.41, 5.74) is 12.0. The van der Waals surface area contributed by atoms with Gasteiger partial charge in [-0.3, -0.25) is 9.59 Å². The Kier molecular flexibility index (Phi) is 8.54. The first-order valence-corrected chi connectivity index (χ1v) is 9.64. The number of hydrogen-bond donors (Lipinski definition) is 7. The first-order chi connectivity index (χ1) is 15.2. The van der Waals surface area contributed by atoms with E-state index < -0.39 is 48.8 Å². The zero-order valence-electron chi connectivity index (χ0n) is 17.3. The molecule has 12 nitrogen and oxygen atoms in total. The average molecular weight is 446 g/mol. The summed E-state index contributed by atoms with van der Waals surface area (Å²) in [6.07, 6.45) is -3.39. The monoisotopic (exact) mass is 446 g/mol. The van der Waals surface area contributed by atoms with Gasteiger partial charge in [0.15, 0.2) is 11.7 Å². The summed E-state index contributed by atoms with van der Waals surface area (Å²) in [5, 5.41) is 43.7. The molecule has 172 valence electrons. The first-order valence-electron chi connectivity index (χ1n) is 9.64. The fourth-order valence-electron chi connectivity index (χ4n) is 3.16. The molecule has 0 saturated carbocycles. The van der Waals surface area contributed by atoms with Crippen LogP contribution in [0, 0.1) is 11.3 Å². The minimum atomic E-state index is -1.68. The van der Waals surface area contributed by atoms with Gasteiger partial charge in [-0.25, -0.2) is 4.99 Å². The molecule has 0 saturated heterocycles. The number of nitriles is 1. The Hall–Kier alpha value is -3.66. The quantitative estimate of drug-likeness (QED) is 0.163. The van der Waals surface area contributed by atoms with Crippen LogP contribution >= 0.6 is 0 Å². The third-order valence-electron chi connectivity index (χ3n) is 4.63. The second-order valence-corrected chi connectivity index (χ2v) is 7.12. The Morgan fingerprint density at radius 3 is 2.66 bits per heavy atom. The molecule has 12 heteroatoms. The highest BCUT2D eigenvalue weighted by Gasteiger charge is 2.43. The number of nitrogens with one attached hydrogen (secondary N) is 2. The molecule has 0 spiro atoms. The van der Waals surface area contributed by atoms with E-state index in [9.17, 15) is 24.9 Å². The highest BCUT2D eigenvalue weighted by Crippen LogP contribution is 2.25. The molecule has 0 aliphatic carbocycles. The number of nitrogens with two attached hydrogens (primary N) is 2. The van der Waals surface area contributed by atoms with Crippen molar-refractivity contribution in [1.82, 2.24) is 10.6 Å². The molecule has 1 aromatic rings. The molecular weight excluding hydrogens is 420 g/mol. The van der Waals surface area contributed by atoms with Crippen molar-refractivity contribution >= 4 is 17.8 Å². The predicted molar refractivity (Wildman–Crippen MR) is 112 cm³/mol. The average Bonchev–Trinajstić information content (AvgIpc) is 2.76. The van der Waals surface area contributed by atoms with E-state index in [-0.39, 0.29) is 18.3 Å². The number of carbonyl (C=O) groups is 2. The van der Waals surface area contributed by atoms with E-state index >= 15 is 0 Å². The van der Waals surface area contributed by atoms with Crippen LogP contribution in [0.1, 0.15) is 18.1 Å². The minimum Gasteiger partial charge on any atom is -0.480 e. The summed E-state index contributed by atoms with van der Waals surface area (Å²) in [4.78, 5) is 28.4. The zero-order valence-corrected chi connectivity index (χ0v) is 17.3. The molecule has 0 bridgehead atoms. The van der Waals surface area contributed by atoms with E-state index in [1.807, 2.05) is 6.07 Å². The van der Waals surface area contributed by atoms with Crippen LogP contribution in [0.3, 0.4) is 0 Å². The van der Waals surface area contributed by atoms with Gasteiger partial charge in [-0.15, -0.1) is 0 Å². The highest BCUT2D eigenvalue weighted by atomic mass is 16.5. The Morgan fingerprint density at radius 1 is 1.34 bits per heavy atom. The Balaban J connectivity index is 2.31. The van der Waals surface area contributed by atoms with Gasteiger partial charge in [0.25, 0.3) is 5.91 Å². The largest absolute Gasteiger partial charge is 0.480 e. The van der Waals surface area contributed by atoms with Crippen LogP contribution in [-0.2, 0) is 20.9 Å². The number of amides is 2. The molecule has 5 atom stereocenters. The standard InChI is InChI=1S/C20H26N6O6/c1-10(28)25-16-13(26-20(22)23)6-15(32-18(16)17(30)14(29)9-27)19(31)24-8-12-4-2-3-11(5-12)7-21/h2-6,13-14,16-18,27,29-30H,8-9H2,1H3,(H,24,31)(H,25,28)(H4,22,23,26)/t13-,14+,16+,17+,18+/m0/s1. The second-order valence-electron chi connectivity index (χ2n) is 7.12. The van der Waals surface area contributed by atoms with Crippen LogP contribution in [0.2, 0.25) is 0 Å². The minimum absolute atomic E-state index is 0.0730. The van der Waals surface area contributed by atoms with Crippen molar-refractivity contribution in [2.45, 2.75) is 43.9 Å². The maximum Gasteiger partial charge on any atom is 0.286 e. The molecule has 0 radical (unpaired) electrons. The Bertz CT molecular complexity index is 939. The lowest BCUT2D eigenvalue weighted by molar-refractivity contribution is -0.134. The van der Waals surface area contributed by atoms with Gasteiger partial charge in [-0.1, -0.05) is 12.1 Å². The number of nitrogens with zero attached hydrogens (tertiary/aromatic N) is 2. The number of guanidine groups is 1. The van der Waals surface area contributed by atoms with Crippen molar-refractivity contribution in [3.63, 3.8) is 0 Å². The van der Waals surface area contributed by atoms with Crippen molar-refractivity contribution < 1.29 is 29.6 Å². The third kappa shape index (κ3) is 6.42. The number of hydrogen-bond acceptors (Lipinski definition) is 8. The van der Waals surface area contributed by atoms with Gasteiger partial charge < -0.3 is 42.2 Å². The first kappa shape index (κ1) is 24.6. The summed E-state index contributed by atoms with van der Waals surface area (Å²) in [5.74, 6) is -1.77. The second kappa shape index (κ2) is 11.1. The number of aliphatic imine (C=N–C) groups is 1. The summed E-state index contributed by atoms with van der Waals surface area (Å²) >= 11 is 0. The van der Waals surface area contributed by atoms with Gasteiger partial charge in [0.1, 0.15) is 18.3 Å². The van der Waals surface area contributed by atoms with Gasteiger partial charge in [0, 0.05) is 13.5 Å². The fraction of sp³-hybridized carbons (Fsp3) is 0.400. The molecule has 2 rings (SSSR count). The molecule has 1 aliphatic rings. The van der Waals surface area contributed by atoms with Crippen molar-refractivity contribution in [2.24, 2.45) is 16.5 Å². The van der Waals surface area contributed by atoms with Crippen molar-refractivity contribution in [3.05, 3.63) is 47.2 Å². The van der Waals surface area contributed by atoms with Crippen molar-refractivity contribution in [3.8, 4) is 6.07 Å². The van der Waals surface area contributed by atoms with Crippen molar-refractivity contribution in [2.75, 3.05) is 6.61 Å². The van der Waals surface area contributed by atoms with E-state index in [1.165, 1.54) is 13.0 Å². The van der Waals surface area contributed by atoms with E-state index in [1.54, 1.807) is 24.3 Å². The lowest BCUT2D eigenvalue weighted by Crippen LogP contribution is -2.60. The summed E-state index contributed by atoms with van der Waals surface area (Å²) < 4.78 is 5.60. The number of ether oxygens (including phenoxy) is 1. The van der Waals surface area contributed by atoms with Gasteiger partial charge in [0.2, 0.25) is 5.91 Å². The molecule has 2 amide bonds. The Labute approximate surface area is 184 Å². The maximum absolute atomic E-state index is 12.7. The number of carbonyl (C=O) groups excluding carboxylic acids is 2. The number of aliphatic hydroxyl groups is 3. The lowest BCUT2D eigenvalue weighted by Gasteiger charge is -2.39. The smallest absolute Gasteiger partial charge is 0.286 e. The highest BCUT2D eigenvalue weighted by molar-refractivity contribution is 5.92. The normalized spacial score (nSPS) is 21.7. The molecular formula is C20H26N6O6. The van der Waals surface area contributed by atoms with E-state index in [2.05, 4.69) is 15.6 Å². The van der Waals surface area contributed by atoms with Crippen LogP contribution in [0.5, 0.6) is 0 Å². The van der Waals surface area contributed by atoms with Gasteiger partial charge in [0.05, 0.1) is 30.3 Å². The SMILES string of the molecule is CC(=O)N[C@H]1[C@H]([C@H](O)[C@H](O)CO)OC(C(=O)NCc2cccc(C#N)c2)=C[C@@H]1N=C(N)N. The Morgan fingerprint density at radius 2 is 2.06 bits per heavy atom. The predicted octanol–water partition coefficient (Wildman–Crippen LogP) is -2.68. The molecule has 0 fully saturated rings. The molecule has 1 aliphatic heterocycles. The van der Waals surface area contributed by atoms with E-state index in [0.717, 1.165) is 0 Å². The van der Waals surface area contributed by atoms with Crippen LogP contribution in [0.15, 0.2) is 41.1 Å². The van der Waals surface area contributed by atoms with E-state index in [4.69, 9.17) is 21.5 Å². The van der Waals surface area contributed by atoms with Crippen LogP contribution in [0.25, 0.3) is 0 Å². The summed E-state index contributed by atoms with van der Waals surface area (Å²) in [6, 6.07) is 6.57. The molecule has 1 aromatic carbocycles. The van der Waals surface area contributed by atoms with Gasteiger partial charge in [-0.2, -0.15) is 5.26 Å². The third-order valence-corrected chi connectivity index (χ3v) is 4.63. The number of aliphatic hydroxyl groups excluding tert-OH is 3. The fourth-order valence-corrected chi connectivity index (χ4v) is 3.16. The molecule has 32 heavy (non-hydrogen) atoms. The van der Waals surface area contributed by atoms with Crippen LogP contribution in [-0.4, -0.2) is 70.1 Å². The molecule has 0 unspecified atom stereocenters. The maximum atomic E-state index is 12.7. The summed E-state index contributed by atoms with van der Waals surface area (Å²) in [6.45, 7) is 0.505. The van der Waals surface area contributed by atoms with Crippen molar-refractivity contribution in [1.29, 1.82) is 5.26 Å². The van der Waals surface area contributed by atoms with Gasteiger partial charge >= 0.3 is 0 Å². The zero-order chi connectivity index (χ0) is 23.8.